The zero-order chi connectivity index (χ0) is 35.6. The van der Waals surface area contributed by atoms with Crippen molar-refractivity contribution in [2.24, 2.45) is 0 Å². The molecule has 2 heterocycles. The minimum atomic E-state index is 1.04. The fourth-order valence-electron chi connectivity index (χ4n) is 8.19. The number of hydrogen-bond acceptors (Lipinski definition) is 2. The number of para-hydroxylation sites is 1. The van der Waals surface area contributed by atoms with E-state index >= 15 is 0 Å². The molecule has 11 aromatic rings. The van der Waals surface area contributed by atoms with Crippen LogP contribution < -0.4 is 4.90 Å². The molecular formula is C50H33N3S. The van der Waals surface area contributed by atoms with Gasteiger partial charge in [0.25, 0.3) is 0 Å². The van der Waals surface area contributed by atoms with Crippen LogP contribution in [0.4, 0.5) is 17.1 Å². The van der Waals surface area contributed by atoms with Crippen molar-refractivity contribution in [3.05, 3.63) is 194 Å². The lowest BCUT2D eigenvalue weighted by Gasteiger charge is -2.27. The lowest BCUT2D eigenvalue weighted by Crippen LogP contribution is -2.10. The molecule has 0 amide bonds. The molecule has 4 heteroatoms. The van der Waals surface area contributed by atoms with E-state index in [4.69, 9.17) is 0 Å². The number of hydrogen-bond donors (Lipinski definition) is 1. The van der Waals surface area contributed by atoms with Crippen LogP contribution in [0.2, 0.25) is 0 Å². The van der Waals surface area contributed by atoms with Gasteiger partial charge in [0.2, 0.25) is 0 Å². The van der Waals surface area contributed by atoms with Gasteiger partial charge in [-0.15, -0.1) is 11.3 Å². The van der Waals surface area contributed by atoms with Crippen molar-refractivity contribution in [3.8, 4) is 5.69 Å². The van der Waals surface area contributed by atoms with Gasteiger partial charge in [0.15, 0.2) is 0 Å². The molecule has 0 saturated carbocycles. The molecule has 2 aromatic heterocycles. The number of aromatic nitrogens is 2. The SMILES string of the molecule is c1ccc2cc(N(c3ccc(-n4c5cccc(c5)[nH]c5ccccc5c5cccc6ccc4cc65)cc3)c3cccc4c3sc3ccccc34)ccc2c1. The van der Waals surface area contributed by atoms with Crippen molar-refractivity contribution in [1.29, 1.82) is 0 Å². The third-order valence-corrected chi connectivity index (χ3v) is 11.9. The minimum Gasteiger partial charge on any atom is -0.355 e. The molecule has 0 aliphatic heterocycles. The minimum absolute atomic E-state index is 1.04. The van der Waals surface area contributed by atoms with E-state index in [0.29, 0.717) is 0 Å². The second kappa shape index (κ2) is 12.4. The molecule has 4 bridgehead atoms. The molecule has 254 valence electrons. The Bertz CT molecular complexity index is 3290. The van der Waals surface area contributed by atoms with Gasteiger partial charge in [-0.1, -0.05) is 109 Å². The summed E-state index contributed by atoms with van der Waals surface area (Å²) in [5.74, 6) is 0. The van der Waals surface area contributed by atoms with E-state index < -0.39 is 0 Å². The van der Waals surface area contributed by atoms with Gasteiger partial charge in [-0.2, -0.15) is 0 Å². The third kappa shape index (κ3) is 5.03. The van der Waals surface area contributed by atoms with Crippen LogP contribution >= 0.6 is 11.3 Å². The highest BCUT2D eigenvalue weighted by Gasteiger charge is 2.19. The predicted octanol–water partition coefficient (Wildman–Crippen LogP) is 14.5. The van der Waals surface area contributed by atoms with E-state index in [-0.39, 0.29) is 0 Å². The van der Waals surface area contributed by atoms with Crippen molar-refractivity contribution in [3.63, 3.8) is 0 Å². The first-order valence-electron chi connectivity index (χ1n) is 18.3. The number of thiophene rings is 1. The van der Waals surface area contributed by atoms with Crippen LogP contribution in [0.15, 0.2) is 194 Å². The van der Waals surface area contributed by atoms with Gasteiger partial charge in [-0.25, -0.2) is 0 Å². The van der Waals surface area contributed by atoms with Gasteiger partial charge < -0.3 is 14.5 Å². The van der Waals surface area contributed by atoms with Crippen LogP contribution in [0.25, 0.3) is 80.2 Å². The van der Waals surface area contributed by atoms with Gasteiger partial charge >= 0.3 is 0 Å². The fraction of sp³-hybridized carbons (Fsp3) is 0. The molecule has 0 aliphatic carbocycles. The smallest absolute Gasteiger partial charge is 0.0640 e. The molecule has 0 atom stereocenters. The molecule has 3 nitrogen and oxygen atoms in total. The fourth-order valence-corrected chi connectivity index (χ4v) is 9.40. The van der Waals surface area contributed by atoms with Crippen molar-refractivity contribution >= 4 is 103 Å². The highest BCUT2D eigenvalue weighted by molar-refractivity contribution is 7.26. The zero-order valence-corrected chi connectivity index (χ0v) is 30.1. The second-order valence-corrected chi connectivity index (χ2v) is 15.0. The number of benzene rings is 9. The summed E-state index contributed by atoms with van der Waals surface area (Å²) in [4.78, 5) is 6.17. The summed E-state index contributed by atoms with van der Waals surface area (Å²) in [6.45, 7) is 0. The Labute approximate surface area is 315 Å². The van der Waals surface area contributed by atoms with E-state index in [0.717, 1.165) is 39.1 Å². The van der Waals surface area contributed by atoms with E-state index in [2.05, 4.69) is 209 Å². The van der Waals surface area contributed by atoms with E-state index in [1.54, 1.807) is 0 Å². The molecule has 0 aliphatic rings. The molecule has 9 aromatic carbocycles. The van der Waals surface area contributed by atoms with Gasteiger partial charge in [0.1, 0.15) is 0 Å². The first kappa shape index (κ1) is 30.7. The van der Waals surface area contributed by atoms with Crippen LogP contribution in [-0.4, -0.2) is 9.55 Å². The summed E-state index contributed by atoms with van der Waals surface area (Å²) in [7, 11) is 0. The second-order valence-electron chi connectivity index (χ2n) is 13.9. The highest BCUT2D eigenvalue weighted by atomic mass is 32.1. The molecule has 1 N–H and O–H groups in total. The predicted molar refractivity (Wildman–Crippen MR) is 233 cm³/mol. The average molecular weight is 708 g/mol. The highest BCUT2D eigenvalue weighted by Crippen LogP contribution is 2.45. The maximum absolute atomic E-state index is 3.75. The monoisotopic (exact) mass is 707 g/mol. The quantitative estimate of drug-likeness (QED) is 0.193. The van der Waals surface area contributed by atoms with E-state index in [1.807, 2.05) is 11.3 Å². The van der Waals surface area contributed by atoms with Gasteiger partial charge in [0.05, 0.1) is 10.4 Å². The molecule has 11 rings (SSSR count). The molecular weight excluding hydrogens is 675 g/mol. The number of anilines is 3. The molecule has 0 radical (unpaired) electrons. The average Bonchev–Trinajstić information content (AvgIpc) is 3.61. The lowest BCUT2D eigenvalue weighted by molar-refractivity contribution is 1.15. The summed E-state index contributed by atoms with van der Waals surface area (Å²) in [5.41, 5.74) is 8.82. The summed E-state index contributed by atoms with van der Waals surface area (Å²) >= 11 is 1.86. The van der Waals surface area contributed by atoms with Gasteiger partial charge in [-0.05, 0) is 112 Å². The van der Waals surface area contributed by atoms with E-state index in [1.165, 1.54) is 58.2 Å². The molecule has 0 spiro atoms. The Morgan fingerprint density at radius 3 is 2.04 bits per heavy atom. The summed E-state index contributed by atoms with van der Waals surface area (Å²) in [5, 5.41) is 9.87. The Kier molecular flexibility index (Phi) is 7.04. The number of fused-ring (bicyclic) bond motifs is 9. The summed E-state index contributed by atoms with van der Waals surface area (Å²) < 4.78 is 4.95. The van der Waals surface area contributed by atoms with Crippen LogP contribution in [0, 0.1) is 0 Å². The third-order valence-electron chi connectivity index (χ3n) is 10.7. The Balaban J connectivity index is 1.15. The first-order valence-corrected chi connectivity index (χ1v) is 19.2. The Hall–Kier alpha value is -6.88. The standard InChI is InChI=1S/C50H33N3S/c1-2-11-35-30-40(24-22-33(35)10-1)53(48-20-9-18-45-44-16-4-6-21-49(44)54-50(45)48)38-28-26-37(27-29-38)52-39-14-8-13-36(31-39)51-47-19-5-3-15-43(47)42-17-7-12-34-23-25-41(52)32-46(34)42/h1-32,51H. The van der Waals surface area contributed by atoms with Crippen molar-refractivity contribution in [2.75, 3.05) is 4.90 Å². The van der Waals surface area contributed by atoms with Gasteiger partial charge in [0, 0.05) is 60.0 Å². The number of nitrogens with one attached hydrogen (secondary N) is 1. The van der Waals surface area contributed by atoms with Crippen LogP contribution in [0.3, 0.4) is 0 Å². The van der Waals surface area contributed by atoms with Crippen LogP contribution in [0.5, 0.6) is 0 Å². The first-order chi connectivity index (χ1) is 26.7. The molecule has 54 heavy (non-hydrogen) atoms. The summed E-state index contributed by atoms with van der Waals surface area (Å²) in [6.07, 6.45) is 0. The number of aromatic amines is 1. The van der Waals surface area contributed by atoms with Crippen molar-refractivity contribution < 1.29 is 0 Å². The number of H-pyrrole nitrogens is 1. The Morgan fingerprint density at radius 1 is 0.426 bits per heavy atom. The lowest BCUT2D eigenvalue weighted by atomic mass is 10.0. The van der Waals surface area contributed by atoms with E-state index in [9.17, 15) is 0 Å². The maximum atomic E-state index is 3.75. The van der Waals surface area contributed by atoms with Gasteiger partial charge in [-0.3, -0.25) is 0 Å². The van der Waals surface area contributed by atoms with Crippen molar-refractivity contribution in [1.82, 2.24) is 9.55 Å². The zero-order valence-electron chi connectivity index (χ0n) is 29.3. The van der Waals surface area contributed by atoms with Crippen molar-refractivity contribution in [2.45, 2.75) is 0 Å². The maximum Gasteiger partial charge on any atom is 0.0640 e. The number of nitrogens with zero attached hydrogens (tertiary/aromatic N) is 2. The topological polar surface area (TPSA) is 24.0 Å². The molecule has 0 fully saturated rings. The molecule has 0 unspecified atom stereocenters. The summed E-state index contributed by atoms with van der Waals surface area (Å²) in [6, 6.07) is 70.7. The molecule has 0 saturated heterocycles. The van der Waals surface area contributed by atoms with Crippen LogP contribution in [0.1, 0.15) is 0 Å². The largest absolute Gasteiger partial charge is 0.355 e. The normalized spacial score (nSPS) is 11.7. The van der Waals surface area contributed by atoms with Crippen LogP contribution in [-0.2, 0) is 0 Å². The Morgan fingerprint density at radius 2 is 1.11 bits per heavy atom. The number of rotatable bonds is 4.